The van der Waals surface area contributed by atoms with E-state index in [9.17, 15) is 0 Å². The highest BCUT2D eigenvalue weighted by Crippen LogP contribution is 2.45. The number of hydrogen-bond acceptors (Lipinski definition) is 16. The van der Waals surface area contributed by atoms with Gasteiger partial charge in [-0.3, -0.25) is 0 Å². The normalized spacial score (nSPS) is 15.6. The van der Waals surface area contributed by atoms with Crippen LogP contribution in [0.3, 0.4) is 0 Å². The fourth-order valence-electron chi connectivity index (χ4n) is 7.57. The van der Waals surface area contributed by atoms with E-state index < -0.39 is 0 Å². The van der Waals surface area contributed by atoms with Crippen LogP contribution in [0.15, 0.2) is 61.2 Å². The second-order valence-electron chi connectivity index (χ2n) is 14.6. The van der Waals surface area contributed by atoms with Gasteiger partial charge in [0.1, 0.15) is 24.3 Å². The minimum atomic E-state index is 0. The second-order valence-corrected chi connectivity index (χ2v) is 14.6. The number of hydrogen-bond donors (Lipinski definition) is 4. The zero-order chi connectivity index (χ0) is 40.7. The molecule has 62 heavy (non-hydrogen) atoms. The second kappa shape index (κ2) is 21.0. The standard InChI is InChI=1S/2C22H24N4O4.2BrH/c2*1-27-18-10-16-15-9-19(18)28-8-4-2-3-7-23-11-14-5-6-17-21(30-13-29-17)20(14)26-22(15)25-12-24-16;;/h2*5-6,9-10,12,23H,2-4,7-8,11,13H2,1H3,(H,24,25,26);2*1H. The summed E-state index contributed by atoms with van der Waals surface area (Å²) in [5.74, 6) is 6.91. The molecule has 4 aliphatic rings. The van der Waals surface area contributed by atoms with Gasteiger partial charge in [0, 0.05) is 36.0 Å². The van der Waals surface area contributed by atoms with E-state index in [1.165, 1.54) is 12.7 Å². The van der Waals surface area contributed by atoms with Gasteiger partial charge in [0.05, 0.1) is 49.8 Å². The van der Waals surface area contributed by atoms with Crippen molar-refractivity contribution in [2.45, 2.75) is 51.6 Å². The van der Waals surface area contributed by atoms with Crippen molar-refractivity contribution in [1.82, 2.24) is 30.6 Å². The first kappa shape index (κ1) is 44.5. The first-order valence-corrected chi connectivity index (χ1v) is 20.4. The summed E-state index contributed by atoms with van der Waals surface area (Å²) in [4.78, 5) is 17.8. The molecule has 4 N–H and O–H groups in total. The Balaban J connectivity index is 0.000000181. The number of methoxy groups -OCH3 is 2. The Morgan fingerprint density at radius 3 is 1.42 bits per heavy atom. The first-order valence-electron chi connectivity index (χ1n) is 20.4. The van der Waals surface area contributed by atoms with Crippen molar-refractivity contribution in [2.24, 2.45) is 0 Å². The summed E-state index contributed by atoms with van der Waals surface area (Å²) in [7, 11) is 3.28. The molecule has 0 saturated heterocycles. The summed E-state index contributed by atoms with van der Waals surface area (Å²) in [6.45, 7) is 5.00. The summed E-state index contributed by atoms with van der Waals surface area (Å²) in [5, 5.41) is 15.7. The maximum Gasteiger partial charge on any atom is 0.231 e. The van der Waals surface area contributed by atoms with Crippen molar-refractivity contribution in [1.29, 1.82) is 0 Å². The molecule has 0 unspecified atom stereocenters. The summed E-state index contributed by atoms with van der Waals surface area (Å²) in [6.07, 6.45) is 9.38. The van der Waals surface area contributed by atoms with Crippen LogP contribution in [0.1, 0.15) is 49.7 Å². The van der Waals surface area contributed by atoms with E-state index in [2.05, 4.69) is 53.3 Å². The van der Waals surface area contributed by atoms with Gasteiger partial charge in [0.2, 0.25) is 13.6 Å². The average molecular weight is 979 g/mol. The topological polar surface area (TPSA) is 174 Å². The molecule has 0 spiro atoms. The Kier molecular flexibility index (Phi) is 15.1. The van der Waals surface area contributed by atoms with Crippen LogP contribution in [-0.2, 0) is 13.1 Å². The Morgan fingerprint density at radius 1 is 0.500 bits per heavy atom. The van der Waals surface area contributed by atoms with E-state index in [4.69, 9.17) is 37.9 Å². The molecule has 0 aliphatic carbocycles. The van der Waals surface area contributed by atoms with Crippen LogP contribution < -0.4 is 59.2 Å². The lowest BCUT2D eigenvalue weighted by Crippen LogP contribution is -2.16. The third-order valence-electron chi connectivity index (χ3n) is 10.7. The largest absolute Gasteiger partial charge is 0.493 e. The van der Waals surface area contributed by atoms with E-state index in [0.29, 0.717) is 59.3 Å². The molecule has 0 saturated carbocycles. The Labute approximate surface area is 380 Å². The quantitative estimate of drug-likeness (QED) is 0.130. The smallest absolute Gasteiger partial charge is 0.231 e. The van der Waals surface area contributed by atoms with Gasteiger partial charge < -0.3 is 59.2 Å². The fraction of sp³-hybridized carbons (Fsp3) is 0.364. The van der Waals surface area contributed by atoms with Crippen molar-refractivity contribution in [3.8, 4) is 46.0 Å². The number of halogens is 2. The van der Waals surface area contributed by atoms with E-state index in [-0.39, 0.29) is 47.5 Å². The van der Waals surface area contributed by atoms with E-state index in [1.807, 2.05) is 36.4 Å². The summed E-state index contributed by atoms with van der Waals surface area (Å²) < 4.78 is 45.8. The van der Waals surface area contributed by atoms with Gasteiger partial charge in [-0.1, -0.05) is 12.1 Å². The van der Waals surface area contributed by atoms with Crippen LogP contribution in [0, 0.1) is 0 Å². The molecule has 0 atom stereocenters. The molecule has 0 fully saturated rings. The number of fused-ring (bicyclic) bond motifs is 8. The van der Waals surface area contributed by atoms with Crippen LogP contribution in [0.5, 0.6) is 46.0 Å². The van der Waals surface area contributed by atoms with Gasteiger partial charge in [-0.15, -0.1) is 34.0 Å². The minimum Gasteiger partial charge on any atom is -0.493 e. The molecule has 2 aromatic heterocycles. The maximum absolute atomic E-state index is 6.04. The Hall–Kier alpha value is -5.56. The lowest BCUT2D eigenvalue weighted by atomic mass is 10.1. The average Bonchev–Trinajstić information content (AvgIpc) is 3.97. The number of aromatic nitrogens is 4. The minimum absolute atomic E-state index is 0. The number of nitrogens with zero attached hydrogens (tertiary/aromatic N) is 4. The SMILES string of the molecule is Br.Br.COc1cc2ncnc3c2cc1OCCCCCNCc1ccc2c(c1N3)OCO2.COc1cc2ncnc3c2cc1OCCCCCNCc1ccc2c(c1N3)OCO2. The zero-order valence-corrected chi connectivity index (χ0v) is 38.0. The summed E-state index contributed by atoms with van der Waals surface area (Å²) in [5.41, 5.74) is 5.42. The van der Waals surface area contributed by atoms with Gasteiger partial charge in [-0.2, -0.15) is 0 Å². The number of rotatable bonds is 2. The first-order chi connectivity index (χ1) is 29.7. The van der Waals surface area contributed by atoms with Gasteiger partial charge in [0.15, 0.2) is 46.0 Å². The van der Waals surface area contributed by atoms with E-state index in [0.717, 1.165) is 121 Å². The molecule has 6 aromatic rings. The highest BCUT2D eigenvalue weighted by atomic mass is 79.9. The number of ether oxygens (including phenoxy) is 8. The Bertz CT molecular complexity index is 2330. The molecular formula is C44H50Br2N8O8. The molecule has 0 amide bonds. The molecule has 4 aliphatic heterocycles. The third kappa shape index (κ3) is 9.72. The molecule has 4 bridgehead atoms. The molecule has 0 radical (unpaired) electrons. The van der Waals surface area contributed by atoms with Crippen molar-refractivity contribution in [2.75, 3.05) is 64.7 Å². The summed E-state index contributed by atoms with van der Waals surface area (Å²) >= 11 is 0. The predicted molar refractivity (Wildman–Crippen MR) is 247 cm³/mol. The number of anilines is 4. The molecular weight excluding hydrogens is 928 g/mol. The van der Waals surface area contributed by atoms with Gasteiger partial charge in [0.25, 0.3) is 0 Å². The van der Waals surface area contributed by atoms with Crippen LogP contribution >= 0.6 is 34.0 Å². The predicted octanol–water partition coefficient (Wildman–Crippen LogP) is 8.68. The van der Waals surface area contributed by atoms with Gasteiger partial charge in [-0.05, 0) is 87.0 Å². The van der Waals surface area contributed by atoms with Crippen LogP contribution in [0.2, 0.25) is 0 Å². The van der Waals surface area contributed by atoms with Crippen LogP contribution in [-0.4, -0.2) is 74.0 Å². The molecule has 328 valence electrons. The van der Waals surface area contributed by atoms with Crippen molar-refractivity contribution in [3.05, 3.63) is 72.3 Å². The molecule has 16 nitrogen and oxygen atoms in total. The Morgan fingerprint density at radius 2 is 0.968 bits per heavy atom. The maximum atomic E-state index is 6.04. The molecule has 10 rings (SSSR count). The highest BCUT2D eigenvalue weighted by molar-refractivity contribution is 8.93. The highest BCUT2D eigenvalue weighted by Gasteiger charge is 2.24. The molecule has 6 heterocycles. The third-order valence-corrected chi connectivity index (χ3v) is 10.7. The van der Waals surface area contributed by atoms with Gasteiger partial charge >= 0.3 is 0 Å². The van der Waals surface area contributed by atoms with Crippen LogP contribution in [0.25, 0.3) is 21.8 Å². The molecule has 4 aromatic carbocycles. The zero-order valence-electron chi connectivity index (χ0n) is 34.5. The molecule has 18 heteroatoms. The van der Waals surface area contributed by atoms with Crippen molar-refractivity contribution < 1.29 is 37.9 Å². The van der Waals surface area contributed by atoms with Gasteiger partial charge in [-0.25, -0.2) is 19.9 Å². The van der Waals surface area contributed by atoms with Crippen LogP contribution in [0.4, 0.5) is 23.0 Å². The summed E-state index contributed by atoms with van der Waals surface area (Å²) in [6, 6.07) is 15.7. The number of benzene rings is 4. The lowest BCUT2D eigenvalue weighted by Gasteiger charge is -2.16. The lowest BCUT2D eigenvalue weighted by molar-refractivity contribution is 0.174. The van der Waals surface area contributed by atoms with E-state index >= 15 is 0 Å². The number of nitrogens with one attached hydrogen (secondary N) is 4. The fourth-order valence-corrected chi connectivity index (χ4v) is 7.57. The van der Waals surface area contributed by atoms with E-state index in [1.54, 1.807) is 14.2 Å². The van der Waals surface area contributed by atoms with Crippen molar-refractivity contribution in [3.63, 3.8) is 0 Å². The monoisotopic (exact) mass is 976 g/mol. The van der Waals surface area contributed by atoms with Crippen molar-refractivity contribution >= 4 is 78.8 Å².